The van der Waals surface area contributed by atoms with Crippen LogP contribution in [0.5, 0.6) is 5.75 Å². The van der Waals surface area contributed by atoms with Crippen LogP contribution in [0.3, 0.4) is 0 Å². The lowest BCUT2D eigenvalue weighted by Crippen LogP contribution is -2.46. The first-order valence-corrected chi connectivity index (χ1v) is 9.49. The number of carboxylic acids is 1. The van der Waals surface area contributed by atoms with Gasteiger partial charge >= 0.3 is 12.1 Å². The van der Waals surface area contributed by atoms with Crippen LogP contribution in [0.15, 0.2) is 21.5 Å². The van der Waals surface area contributed by atoms with Gasteiger partial charge in [0.15, 0.2) is 0 Å². The number of halogens is 4. The van der Waals surface area contributed by atoms with Crippen LogP contribution >= 0.6 is 15.9 Å². The van der Waals surface area contributed by atoms with Gasteiger partial charge in [0, 0.05) is 25.4 Å². The summed E-state index contributed by atoms with van der Waals surface area (Å²) >= 11 is 3.41. The van der Waals surface area contributed by atoms with E-state index in [2.05, 4.69) is 21.2 Å². The van der Waals surface area contributed by atoms with Crippen LogP contribution in [0.2, 0.25) is 0 Å². The Kier molecular flexibility index (Phi) is 9.14. The summed E-state index contributed by atoms with van der Waals surface area (Å²) in [6.07, 6.45) is 0.0623. The maximum Gasteiger partial charge on any atom is 0.490 e. The number of nitrogens with two attached hydrogens (primary N) is 1. The third kappa shape index (κ3) is 8.44. The molecular formula is C17H23BrF3N3O5. The van der Waals surface area contributed by atoms with E-state index in [-0.39, 0.29) is 23.6 Å². The van der Waals surface area contributed by atoms with Gasteiger partial charge in [-0.1, -0.05) is 0 Å². The van der Waals surface area contributed by atoms with Crippen molar-refractivity contribution in [3.8, 4) is 5.75 Å². The van der Waals surface area contributed by atoms with Crippen LogP contribution in [0, 0.1) is 0 Å². The zero-order valence-electron chi connectivity index (χ0n) is 15.8. The molecule has 12 heteroatoms. The van der Waals surface area contributed by atoms with Gasteiger partial charge in [-0.25, -0.2) is 4.79 Å². The molecule has 29 heavy (non-hydrogen) atoms. The summed E-state index contributed by atoms with van der Waals surface area (Å²) in [7, 11) is 1.70. The molecule has 0 aliphatic heterocycles. The number of carbonyl (C=O) groups is 2. The highest BCUT2D eigenvalue weighted by Crippen LogP contribution is 2.28. The average molecular weight is 486 g/mol. The van der Waals surface area contributed by atoms with Crippen LogP contribution < -0.4 is 21.3 Å². The Labute approximate surface area is 173 Å². The van der Waals surface area contributed by atoms with Crippen molar-refractivity contribution >= 4 is 27.8 Å². The smallest absolute Gasteiger partial charge is 0.489 e. The molecule has 1 amide bonds. The Bertz CT molecular complexity index is 775. The summed E-state index contributed by atoms with van der Waals surface area (Å²) in [6.45, 7) is 1.68. The number of carboxylic acid groups (broad SMARTS) is 1. The first-order valence-electron chi connectivity index (χ1n) is 8.70. The summed E-state index contributed by atoms with van der Waals surface area (Å²) in [5.74, 6) is -2.29. The fourth-order valence-electron chi connectivity index (χ4n) is 2.51. The highest BCUT2D eigenvalue weighted by Gasteiger charge is 2.38. The number of aliphatic carboxylic acids is 1. The topological polar surface area (TPSA) is 124 Å². The molecule has 4 N–H and O–H groups in total. The Morgan fingerprint density at radius 3 is 2.31 bits per heavy atom. The fraction of sp³-hybridized carbons (Fsp3) is 0.588. The Hall–Kier alpha value is -2.08. The van der Waals surface area contributed by atoms with Crippen LogP contribution in [-0.2, 0) is 16.6 Å². The van der Waals surface area contributed by atoms with Crippen LogP contribution in [0.4, 0.5) is 13.2 Å². The molecule has 1 saturated carbocycles. The Morgan fingerprint density at radius 1 is 1.34 bits per heavy atom. The number of nitrogens with one attached hydrogen (secondary N) is 1. The first-order chi connectivity index (χ1) is 13.3. The summed E-state index contributed by atoms with van der Waals surface area (Å²) in [5, 5.41) is 10.1. The van der Waals surface area contributed by atoms with Crippen molar-refractivity contribution in [2.24, 2.45) is 12.8 Å². The molecule has 0 radical (unpaired) electrons. The Morgan fingerprint density at radius 2 is 1.86 bits per heavy atom. The molecule has 0 saturated heterocycles. The third-order valence-electron chi connectivity index (χ3n) is 4.11. The second-order valence-electron chi connectivity index (χ2n) is 6.63. The monoisotopic (exact) mass is 485 g/mol. The molecule has 164 valence electrons. The molecule has 8 nitrogen and oxygen atoms in total. The van der Waals surface area contributed by atoms with Crippen molar-refractivity contribution in [2.75, 3.05) is 0 Å². The van der Waals surface area contributed by atoms with Gasteiger partial charge in [-0.15, -0.1) is 0 Å². The summed E-state index contributed by atoms with van der Waals surface area (Å²) in [6, 6.07) is 1.17. The number of hydrogen-bond donors (Lipinski definition) is 3. The minimum absolute atomic E-state index is 0.0619. The van der Waals surface area contributed by atoms with Gasteiger partial charge in [-0.2, -0.15) is 13.2 Å². The molecular weight excluding hydrogens is 463 g/mol. The fourth-order valence-corrected chi connectivity index (χ4v) is 3.02. The number of aryl methyl sites for hydroxylation is 1. The lowest BCUT2D eigenvalue weighted by molar-refractivity contribution is -0.192. The number of hydrogen-bond acceptors (Lipinski definition) is 5. The van der Waals surface area contributed by atoms with Crippen molar-refractivity contribution in [3.05, 3.63) is 27.1 Å². The highest BCUT2D eigenvalue weighted by molar-refractivity contribution is 9.10. The molecule has 1 aliphatic carbocycles. The van der Waals surface area contributed by atoms with Crippen LogP contribution in [0.1, 0.15) is 32.6 Å². The van der Waals surface area contributed by atoms with Gasteiger partial charge in [-0.05, 0) is 48.5 Å². The van der Waals surface area contributed by atoms with Gasteiger partial charge in [0.25, 0.3) is 5.56 Å². The summed E-state index contributed by atoms with van der Waals surface area (Å²) in [4.78, 5) is 32.2. The van der Waals surface area contributed by atoms with Gasteiger partial charge in [0.05, 0.1) is 16.6 Å². The number of rotatable bonds is 4. The Balaban J connectivity index is 0.000000516. The van der Waals surface area contributed by atoms with Gasteiger partial charge in [0.1, 0.15) is 5.75 Å². The minimum Gasteiger partial charge on any atom is -0.489 e. The third-order valence-corrected chi connectivity index (χ3v) is 4.71. The van der Waals surface area contributed by atoms with Gasteiger partial charge in [0.2, 0.25) is 5.91 Å². The van der Waals surface area contributed by atoms with Crippen LogP contribution in [0.25, 0.3) is 0 Å². The van der Waals surface area contributed by atoms with E-state index < -0.39 is 18.2 Å². The molecule has 1 heterocycles. The maximum atomic E-state index is 11.7. The van der Waals surface area contributed by atoms with E-state index in [0.29, 0.717) is 5.75 Å². The largest absolute Gasteiger partial charge is 0.490 e. The number of pyridine rings is 1. The normalized spacial score (nSPS) is 20.1. The van der Waals surface area contributed by atoms with E-state index in [9.17, 15) is 22.8 Å². The van der Waals surface area contributed by atoms with E-state index >= 15 is 0 Å². The van der Waals surface area contributed by atoms with Crippen molar-refractivity contribution < 1.29 is 32.6 Å². The number of aromatic nitrogens is 1. The lowest BCUT2D eigenvalue weighted by Gasteiger charge is -2.30. The first kappa shape index (κ1) is 25.0. The van der Waals surface area contributed by atoms with Gasteiger partial charge < -0.3 is 25.5 Å². The zero-order chi connectivity index (χ0) is 22.4. The SMILES string of the molecule is C[C@H](N)C(=O)N[C@H]1CC[C@H](Oc2cc(=O)n(C)cc2Br)CC1.O=C(O)C(F)(F)F. The van der Waals surface area contributed by atoms with E-state index in [1.807, 2.05) is 0 Å². The molecule has 1 atom stereocenters. The zero-order valence-corrected chi connectivity index (χ0v) is 17.4. The number of carbonyl (C=O) groups excluding carboxylic acids is 1. The summed E-state index contributed by atoms with van der Waals surface area (Å²) in [5.41, 5.74) is 5.45. The number of ether oxygens (including phenoxy) is 1. The van der Waals surface area contributed by atoms with Gasteiger partial charge in [-0.3, -0.25) is 9.59 Å². The van der Waals surface area contributed by atoms with E-state index in [0.717, 1.165) is 30.2 Å². The molecule has 0 unspecified atom stereocenters. The maximum absolute atomic E-state index is 11.7. The molecule has 1 aromatic rings. The van der Waals surface area contributed by atoms with E-state index in [1.165, 1.54) is 10.6 Å². The number of amides is 1. The van der Waals surface area contributed by atoms with Crippen LogP contribution in [-0.4, -0.2) is 45.9 Å². The molecule has 1 fully saturated rings. The minimum atomic E-state index is -5.08. The van der Waals surface area contributed by atoms with Crippen molar-refractivity contribution in [1.29, 1.82) is 0 Å². The quantitative estimate of drug-likeness (QED) is 0.598. The average Bonchev–Trinajstić information content (AvgIpc) is 2.61. The molecule has 0 bridgehead atoms. The molecule has 0 spiro atoms. The second kappa shape index (κ2) is 10.6. The van der Waals surface area contributed by atoms with Crippen molar-refractivity contribution in [2.45, 2.75) is 57.0 Å². The predicted molar refractivity (Wildman–Crippen MR) is 102 cm³/mol. The highest BCUT2D eigenvalue weighted by atomic mass is 79.9. The molecule has 0 aromatic carbocycles. The number of alkyl halides is 3. The molecule has 1 aliphatic rings. The van der Waals surface area contributed by atoms with E-state index in [4.69, 9.17) is 20.4 Å². The standard InChI is InChI=1S/C15H22BrN3O3.C2HF3O2/c1-9(17)15(21)18-10-3-5-11(6-4-10)22-13-7-14(20)19(2)8-12(13)16;3-2(4,5)1(6)7/h7-11H,3-6,17H2,1-2H3,(H,18,21);(H,6,7)/t9-,10-,11-;/m0./s1. The van der Waals surface area contributed by atoms with E-state index in [1.54, 1.807) is 20.2 Å². The predicted octanol–water partition coefficient (Wildman–Crippen LogP) is 1.93. The molecule has 2 rings (SSSR count). The molecule has 1 aromatic heterocycles. The summed E-state index contributed by atoms with van der Waals surface area (Å²) < 4.78 is 39.9. The van der Waals surface area contributed by atoms with Crippen molar-refractivity contribution in [1.82, 2.24) is 9.88 Å². The van der Waals surface area contributed by atoms with Crippen molar-refractivity contribution in [3.63, 3.8) is 0 Å². The second-order valence-corrected chi connectivity index (χ2v) is 7.48. The lowest BCUT2D eigenvalue weighted by atomic mass is 9.92. The number of nitrogens with zero attached hydrogens (tertiary/aromatic N) is 1.